The van der Waals surface area contributed by atoms with E-state index >= 15 is 0 Å². The predicted octanol–water partition coefficient (Wildman–Crippen LogP) is 3.34. The van der Waals surface area contributed by atoms with Crippen molar-refractivity contribution in [1.29, 1.82) is 0 Å². The molecule has 5 nitrogen and oxygen atoms in total. The topological polar surface area (TPSA) is 75.1 Å². The summed E-state index contributed by atoms with van der Waals surface area (Å²) in [4.78, 5) is 20.4. The summed E-state index contributed by atoms with van der Waals surface area (Å²) >= 11 is 0. The van der Waals surface area contributed by atoms with E-state index in [-0.39, 0.29) is 6.42 Å². The molecule has 3 rings (SSSR count). The summed E-state index contributed by atoms with van der Waals surface area (Å²) in [5.41, 5.74) is 1.66. The molecule has 0 bridgehead atoms. The number of amides is 1. The third-order valence-corrected chi connectivity index (χ3v) is 3.58. The second-order valence-electron chi connectivity index (χ2n) is 5.48. The lowest BCUT2D eigenvalue weighted by atomic mass is 10.1. The molecule has 0 saturated heterocycles. The molecule has 25 heavy (non-hydrogen) atoms. The van der Waals surface area contributed by atoms with E-state index in [9.17, 15) is 14.3 Å². The van der Waals surface area contributed by atoms with Crippen LogP contribution in [-0.4, -0.2) is 21.0 Å². The van der Waals surface area contributed by atoms with Gasteiger partial charge in [0.25, 0.3) is 0 Å². The van der Waals surface area contributed by atoms with Crippen molar-refractivity contribution in [3.8, 4) is 11.4 Å². The van der Waals surface area contributed by atoms with E-state index in [1.54, 1.807) is 6.07 Å². The molecule has 1 amide bonds. The van der Waals surface area contributed by atoms with Crippen LogP contribution in [0.1, 0.15) is 18.1 Å². The number of aliphatic hydroxyl groups excluding tert-OH is 1. The van der Waals surface area contributed by atoms with Crippen LogP contribution in [0.2, 0.25) is 0 Å². The number of aromatic nitrogens is 2. The Labute approximate surface area is 144 Å². The van der Waals surface area contributed by atoms with Crippen LogP contribution in [0.4, 0.5) is 10.1 Å². The van der Waals surface area contributed by atoms with Crippen molar-refractivity contribution < 1.29 is 14.3 Å². The Hall–Kier alpha value is -3.12. The number of carbonyl (C=O) groups excluding carboxylic acids is 1. The smallest absolute Gasteiger partial charge is 0.227 e. The summed E-state index contributed by atoms with van der Waals surface area (Å²) < 4.78 is 13.2. The van der Waals surface area contributed by atoms with Crippen molar-refractivity contribution in [2.45, 2.75) is 12.5 Å². The van der Waals surface area contributed by atoms with Gasteiger partial charge >= 0.3 is 0 Å². The zero-order valence-electron chi connectivity index (χ0n) is 13.3. The van der Waals surface area contributed by atoms with Crippen LogP contribution < -0.4 is 5.32 Å². The summed E-state index contributed by atoms with van der Waals surface area (Å²) in [6, 6.07) is 15.0. The number of benzene rings is 2. The first-order valence-corrected chi connectivity index (χ1v) is 7.72. The Morgan fingerprint density at radius 3 is 2.48 bits per heavy atom. The number of hydrogen-bond acceptors (Lipinski definition) is 4. The minimum absolute atomic E-state index is 0.191. The van der Waals surface area contributed by atoms with Crippen LogP contribution in [0.5, 0.6) is 0 Å². The third kappa shape index (κ3) is 4.45. The number of halogens is 1. The maximum atomic E-state index is 13.2. The average molecular weight is 337 g/mol. The number of anilines is 1. The number of aliphatic hydroxyl groups is 1. The number of hydrogen-bond donors (Lipinski definition) is 2. The molecule has 1 aromatic heterocycles. The predicted molar refractivity (Wildman–Crippen MR) is 92.1 cm³/mol. The highest BCUT2D eigenvalue weighted by Gasteiger charge is 2.14. The molecule has 3 aromatic rings. The highest BCUT2D eigenvalue weighted by molar-refractivity contribution is 5.90. The van der Waals surface area contributed by atoms with Gasteiger partial charge in [0.05, 0.1) is 30.6 Å². The van der Waals surface area contributed by atoms with Crippen LogP contribution in [0.15, 0.2) is 67.0 Å². The maximum Gasteiger partial charge on any atom is 0.227 e. The highest BCUT2D eigenvalue weighted by Crippen LogP contribution is 2.19. The van der Waals surface area contributed by atoms with Crippen LogP contribution >= 0.6 is 0 Å². The van der Waals surface area contributed by atoms with E-state index in [1.807, 2.05) is 30.3 Å². The van der Waals surface area contributed by atoms with E-state index in [4.69, 9.17) is 0 Å². The first kappa shape index (κ1) is 16.7. The van der Waals surface area contributed by atoms with Gasteiger partial charge in [-0.25, -0.2) is 14.4 Å². The Balaban J connectivity index is 1.61. The standard InChI is InChI=1S/C19H16FN3O2/c20-15-8-4-7-14(9-15)17(24)10-18(25)23-16-11-21-19(22-12-16)13-5-2-1-3-6-13/h1-9,11-12,17,24H,10H2,(H,23,25). The second kappa shape index (κ2) is 7.63. The summed E-state index contributed by atoms with van der Waals surface area (Å²) in [7, 11) is 0. The quantitative estimate of drug-likeness (QED) is 0.749. The molecule has 6 heteroatoms. The molecule has 2 aromatic carbocycles. The van der Waals surface area contributed by atoms with Gasteiger partial charge in [0, 0.05) is 5.56 Å². The largest absolute Gasteiger partial charge is 0.388 e. The van der Waals surface area contributed by atoms with Crippen LogP contribution in [0.25, 0.3) is 11.4 Å². The first-order chi connectivity index (χ1) is 12.1. The van der Waals surface area contributed by atoms with E-state index < -0.39 is 17.8 Å². The molecule has 0 aliphatic heterocycles. The molecule has 0 aliphatic carbocycles. The van der Waals surface area contributed by atoms with Gasteiger partial charge in [-0.15, -0.1) is 0 Å². The molecule has 1 unspecified atom stereocenters. The molecule has 126 valence electrons. The molecular formula is C19H16FN3O2. The van der Waals surface area contributed by atoms with Gasteiger partial charge in [0.2, 0.25) is 5.91 Å². The van der Waals surface area contributed by atoms with Crippen LogP contribution in [0.3, 0.4) is 0 Å². The van der Waals surface area contributed by atoms with E-state index in [0.29, 0.717) is 17.1 Å². The van der Waals surface area contributed by atoms with Gasteiger partial charge in [-0.1, -0.05) is 42.5 Å². The number of nitrogens with one attached hydrogen (secondary N) is 1. The highest BCUT2D eigenvalue weighted by atomic mass is 19.1. The molecule has 0 fully saturated rings. The van der Waals surface area contributed by atoms with Gasteiger partial charge in [0.1, 0.15) is 5.82 Å². The van der Waals surface area contributed by atoms with E-state index in [0.717, 1.165) is 5.56 Å². The third-order valence-electron chi connectivity index (χ3n) is 3.58. The van der Waals surface area contributed by atoms with E-state index in [1.165, 1.54) is 30.6 Å². The lowest BCUT2D eigenvalue weighted by molar-refractivity contribution is -0.118. The molecule has 1 heterocycles. The van der Waals surface area contributed by atoms with Crippen LogP contribution in [-0.2, 0) is 4.79 Å². The fraction of sp³-hybridized carbons (Fsp3) is 0.105. The van der Waals surface area contributed by atoms with Crippen molar-refractivity contribution >= 4 is 11.6 Å². The minimum atomic E-state index is -1.08. The molecule has 0 aliphatic rings. The monoisotopic (exact) mass is 337 g/mol. The summed E-state index contributed by atoms with van der Waals surface area (Å²) in [6.45, 7) is 0. The first-order valence-electron chi connectivity index (χ1n) is 7.72. The van der Waals surface area contributed by atoms with Crippen molar-refractivity contribution in [2.75, 3.05) is 5.32 Å². The van der Waals surface area contributed by atoms with Gasteiger partial charge in [-0.3, -0.25) is 4.79 Å². The zero-order chi connectivity index (χ0) is 17.6. The Bertz CT molecular complexity index is 854. The fourth-order valence-corrected chi connectivity index (χ4v) is 2.35. The fourth-order valence-electron chi connectivity index (χ4n) is 2.35. The molecule has 0 saturated carbocycles. The minimum Gasteiger partial charge on any atom is -0.388 e. The van der Waals surface area contributed by atoms with Crippen molar-refractivity contribution in [3.63, 3.8) is 0 Å². The van der Waals surface area contributed by atoms with Crippen LogP contribution in [0, 0.1) is 5.82 Å². The normalized spacial score (nSPS) is 11.8. The Morgan fingerprint density at radius 1 is 1.08 bits per heavy atom. The van der Waals surface area contributed by atoms with Gasteiger partial charge < -0.3 is 10.4 Å². The lowest BCUT2D eigenvalue weighted by Gasteiger charge is -2.11. The molecule has 0 radical (unpaired) electrons. The molecule has 2 N–H and O–H groups in total. The number of carbonyl (C=O) groups is 1. The number of nitrogens with zero attached hydrogens (tertiary/aromatic N) is 2. The second-order valence-corrected chi connectivity index (χ2v) is 5.48. The lowest BCUT2D eigenvalue weighted by Crippen LogP contribution is -2.16. The molecule has 1 atom stereocenters. The molecule has 0 spiro atoms. The Kier molecular flexibility index (Phi) is 5.11. The summed E-state index contributed by atoms with van der Waals surface area (Å²) in [5, 5.41) is 12.6. The number of rotatable bonds is 5. The Morgan fingerprint density at radius 2 is 1.80 bits per heavy atom. The zero-order valence-corrected chi connectivity index (χ0v) is 13.3. The van der Waals surface area contributed by atoms with Crippen molar-refractivity contribution in [3.05, 3.63) is 78.4 Å². The SMILES string of the molecule is O=C(CC(O)c1cccc(F)c1)Nc1cnc(-c2ccccc2)nc1. The van der Waals surface area contributed by atoms with Crippen molar-refractivity contribution in [1.82, 2.24) is 9.97 Å². The van der Waals surface area contributed by atoms with E-state index in [2.05, 4.69) is 15.3 Å². The van der Waals surface area contributed by atoms with Crippen molar-refractivity contribution in [2.24, 2.45) is 0 Å². The molecular weight excluding hydrogens is 321 g/mol. The van der Waals surface area contributed by atoms with Gasteiger partial charge in [0.15, 0.2) is 5.82 Å². The average Bonchev–Trinajstić information content (AvgIpc) is 2.63. The van der Waals surface area contributed by atoms with Gasteiger partial charge in [-0.2, -0.15) is 0 Å². The summed E-state index contributed by atoms with van der Waals surface area (Å²) in [5.74, 6) is -0.312. The summed E-state index contributed by atoms with van der Waals surface area (Å²) in [6.07, 6.45) is 1.73. The maximum absolute atomic E-state index is 13.2. The van der Waals surface area contributed by atoms with Gasteiger partial charge in [-0.05, 0) is 17.7 Å².